The van der Waals surface area contributed by atoms with Gasteiger partial charge in [-0.25, -0.2) is 0 Å². The predicted molar refractivity (Wildman–Crippen MR) is 46.7 cm³/mol. The first kappa shape index (κ1) is 9.01. The molecule has 66 valence electrons. The molecule has 0 aromatic rings. The van der Waals surface area contributed by atoms with Crippen molar-refractivity contribution in [3.63, 3.8) is 0 Å². The van der Waals surface area contributed by atoms with Crippen LogP contribution in [0.1, 0.15) is 27.7 Å². The minimum absolute atomic E-state index is 0.404. The van der Waals surface area contributed by atoms with Crippen molar-refractivity contribution in [1.82, 2.24) is 4.90 Å². The molecule has 1 aliphatic heterocycles. The minimum Gasteiger partial charge on any atom is -0.373 e. The maximum Gasteiger partial charge on any atom is 0.0678 e. The number of hydrogen-bond donors (Lipinski definition) is 0. The third-order valence-corrected chi connectivity index (χ3v) is 2.18. The van der Waals surface area contributed by atoms with Crippen molar-refractivity contribution in [3.8, 4) is 0 Å². The number of ether oxygens (including phenoxy) is 1. The van der Waals surface area contributed by atoms with E-state index in [0.717, 1.165) is 13.1 Å². The van der Waals surface area contributed by atoms with Crippen molar-refractivity contribution in [1.29, 1.82) is 0 Å². The second-order valence-electron chi connectivity index (χ2n) is 3.80. The second-order valence-corrected chi connectivity index (χ2v) is 3.80. The van der Waals surface area contributed by atoms with Gasteiger partial charge in [0.25, 0.3) is 0 Å². The van der Waals surface area contributed by atoms with Gasteiger partial charge in [0.05, 0.1) is 12.2 Å². The lowest BCUT2D eigenvalue weighted by atomic mass is 10.2. The molecule has 1 aliphatic rings. The predicted octanol–water partition coefficient (Wildman–Crippen LogP) is 1.50. The van der Waals surface area contributed by atoms with E-state index >= 15 is 0 Å². The van der Waals surface area contributed by atoms with Crippen LogP contribution in [0.4, 0.5) is 0 Å². The van der Waals surface area contributed by atoms with E-state index in [1.54, 1.807) is 0 Å². The van der Waals surface area contributed by atoms with Gasteiger partial charge < -0.3 is 4.74 Å². The molecule has 1 fully saturated rings. The first-order valence-corrected chi connectivity index (χ1v) is 4.49. The zero-order valence-corrected chi connectivity index (χ0v) is 8.00. The minimum atomic E-state index is 0.404. The Kier molecular flexibility index (Phi) is 2.90. The molecule has 0 amide bonds. The fourth-order valence-corrected chi connectivity index (χ4v) is 1.64. The standard InChI is InChI=1S/C9H19NO/c1-7(2)10-5-8(3)11-9(4)6-10/h7-9H,5-6H2,1-4H3/t8-,9?/m0/s1. The van der Waals surface area contributed by atoms with Crippen LogP contribution in [0.2, 0.25) is 0 Å². The van der Waals surface area contributed by atoms with Crippen LogP contribution in [0.3, 0.4) is 0 Å². The van der Waals surface area contributed by atoms with Crippen LogP contribution in [-0.4, -0.2) is 36.2 Å². The SMILES string of the molecule is CC1CN(C(C)C)C[C@H](C)O1. The third kappa shape index (κ3) is 2.46. The van der Waals surface area contributed by atoms with E-state index in [4.69, 9.17) is 4.74 Å². The molecule has 1 heterocycles. The van der Waals surface area contributed by atoms with Crippen LogP contribution in [0.15, 0.2) is 0 Å². The Balaban J connectivity index is 2.43. The molecule has 0 radical (unpaired) electrons. The summed E-state index contributed by atoms with van der Waals surface area (Å²) in [6.45, 7) is 10.9. The molecule has 0 spiro atoms. The molecule has 0 N–H and O–H groups in total. The summed E-state index contributed by atoms with van der Waals surface area (Å²) in [6, 6.07) is 0.656. The Morgan fingerprint density at radius 3 is 2.00 bits per heavy atom. The quantitative estimate of drug-likeness (QED) is 0.572. The molecular formula is C9H19NO. The van der Waals surface area contributed by atoms with E-state index in [1.807, 2.05) is 0 Å². The molecule has 2 atom stereocenters. The average Bonchev–Trinajstić information content (AvgIpc) is 1.85. The van der Waals surface area contributed by atoms with E-state index in [-0.39, 0.29) is 0 Å². The molecule has 0 aromatic carbocycles. The fraction of sp³-hybridized carbons (Fsp3) is 1.00. The maximum absolute atomic E-state index is 5.62. The van der Waals surface area contributed by atoms with Crippen molar-refractivity contribution in [2.75, 3.05) is 13.1 Å². The van der Waals surface area contributed by atoms with Gasteiger partial charge in [0.2, 0.25) is 0 Å². The highest BCUT2D eigenvalue weighted by Gasteiger charge is 2.23. The van der Waals surface area contributed by atoms with Crippen LogP contribution in [0, 0.1) is 0 Å². The number of nitrogens with zero attached hydrogens (tertiary/aromatic N) is 1. The summed E-state index contributed by atoms with van der Waals surface area (Å²) in [4.78, 5) is 2.47. The Morgan fingerprint density at radius 2 is 1.64 bits per heavy atom. The first-order chi connectivity index (χ1) is 5.09. The Labute approximate surface area is 69.5 Å². The topological polar surface area (TPSA) is 12.5 Å². The van der Waals surface area contributed by atoms with Gasteiger partial charge in [0.1, 0.15) is 0 Å². The van der Waals surface area contributed by atoms with E-state index in [2.05, 4.69) is 32.6 Å². The van der Waals surface area contributed by atoms with Crippen LogP contribution in [0.25, 0.3) is 0 Å². The van der Waals surface area contributed by atoms with Gasteiger partial charge in [-0.2, -0.15) is 0 Å². The van der Waals surface area contributed by atoms with Gasteiger partial charge in [0, 0.05) is 19.1 Å². The van der Waals surface area contributed by atoms with E-state index in [0.29, 0.717) is 18.2 Å². The first-order valence-electron chi connectivity index (χ1n) is 4.49. The Bertz CT molecular complexity index is 115. The highest BCUT2D eigenvalue weighted by Crippen LogP contribution is 2.12. The summed E-state index contributed by atoms with van der Waals surface area (Å²) in [5.74, 6) is 0. The molecule has 0 aliphatic carbocycles. The zero-order valence-electron chi connectivity index (χ0n) is 8.00. The van der Waals surface area contributed by atoms with E-state index in [1.165, 1.54) is 0 Å². The van der Waals surface area contributed by atoms with Crippen molar-refractivity contribution in [3.05, 3.63) is 0 Å². The molecular weight excluding hydrogens is 138 g/mol. The zero-order chi connectivity index (χ0) is 8.43. The van der Waals surface area contributed by atoms with E-state index < -0.39 is 0 Å². The van der Waals surface area contributed by atoms with Crippen molar-refractivity contribution >= 4 is 0 Å². The van der Waals surface area contributed by atoms with Gasteiger partial charge in [-0.15, -0.1) is 0 Å². The van der Waals surface area contributed by atoms with Gasteiger partial charge >= 0.3 is 0 Å². The second kappa shape index (κ2) is 3.55. The lowest BCUT2D eigenvalue weighted by Gasteiger charge is -2.37. The highest BCUT2D eigenvalue weighted by molar-refractivity contribution is 4.75. The largest absolute Gasteiger partial charge is 0.373 e. The van der Waals surface area contributed by atoms with Crippen molar-refractivity contribution in [2.45, 2.75) is 45.9 Å². The summed E-state index contributed by atoms with van der Waals surface area (Å²) < 4.78 is 5.62. The number of morpholine rings is 1. The van der Waals surface area contributed by atoms with Gasteiger partial charge in [-0.05, 0) is 27.7 Å². The summed E-state index contributed by atoms with van der Waals surface area (Å²) in [5.41, 5.74) is 0. The summed E-state index contributed by atoms with van der Waals surface area (Å²) in [5, 5.41) is 0. The Morgan fingerprint density at radius 1 is 1.18 bits per heavy atom. The van der Waals surface area contributed by atoms with Gasteiger partial charge in [0.15, 0.2) is 0 Å². The molecule has 11 heavy (non-hydrogen) atoms. The Hall–Kier alpha value is -0.0800. The van der Waals surface area contributed by atoms with Gasteiger partial charge in [-0.1, -0.05) is 0 Å². The molecule has 2 heteroatoms. The van der Waals surface area contributed by atoms with Crippen LogP contribution < -0.4 is 0 Å². The summed E-state index contributed by atoms with van der Waals surface area (Å²) in [7, 11) is 0. The van der Waals surface area contributed by atoms with E-state index in [9.17, 15) is 0 Å². The molecule has 1 unspecified atom stereocenters. The number of hydrogen-bond acceptors (Lipinski definition) is 2. The molecule has 2 nitrogen and oxygen atoms in total. The number of rotatable bonds is 1. The lowest BCUT2D eigenvalue weighted by molar-refractivity contribution is -0.0764. The average molecular weight is 157 g/mol. The molecule has 0 saturated carbocycles. The molecule has 1 rings (SSSR count). The third-order valence-electron chi connectivity index (χ3n) is 2.18. The smallest absolute Gasteiger partial charge is 0.0678 e. The summed E-state index contributed by atoms with van der Waals surface area (Å²) in [6.07, 6.45) is 0.808. The maximum atomic E-state index is 5.62. The molecule has 1 saturated heterocycles. The van der Waals surface area contributed by atoms with Gasteiger partial charge in [-0.3, -0.25) is 4.90 Å². The molecule has 0 bridgehead atoms. The fourth-order valence-electron chi connectivity index (χ4n) is 1.64. The molecule has 0 aromatic heterocycles. The normalized spacial score (nSPS) is 34.6. The van der Waals surface area contributed by atoms with Crippen LogP contribution in [0.5, 0.6) is 0 Å². The summed E-state index contributed by atoms with van der Waals surface area (Å²) >= 11 is 0. The monoisotopic (exact) mass is 157 g/mol. The lowest BCUT2D eigenvalue weighted by Crippen LogP contribution is -2.48. The highest BCUT2D eigenvalue weighted by atomic mass is 16.5. The van der Waals surface area contributed by atoms with Crippen molar-refractivity contribution in [2.24, 2.45) is 0 Å². The van der Waals surface area contributed by atoms with Crippen LogP contribution in [-0.2, 0) is 4.74 Å². The van der Waals surface area contributed by atoms with Crippen LogP contribution >= 0.6 is 0 Å². The van der Waals surface area contributed by atoms with Crippen molar-refractivity contribution < 1.29 is 4.74 Å².